The largest absolute Gasteiger partial charge is 0.497 e. The normalized spacial score (nSPS) is 11.7. The quantitative estimate of drug-likeness (QED) is 0.368. The van der Waals surface area contributed by atoms with Crippen LogP contribution in [0.2, 0.25) is 0 Å². The number of hydrogen-bond acceptors (Lipinski definition) is 6. The van der Waals surface area contributed by atoms with Crippen LogP contribution in [0.4, 0.5) is 0 Å². The van der Waals surface area contributed by atoms with Crippen molar-refractivity contribution in [3.05, 3.63) is 63.6 Å². The van der Waals surface area contributed by atoms with Gasteiger partial charge in [0.1, 0.15) is 12.5 Å². The van der Waals surface area contributed by atoms with E-state index in [9.17, 15) is 9.59 Å². The van der Waals surface area contributed by atoms with Gasteiger partial charge in [-0.05, 0) is 30.3 Å². The van der Waals surface area contributed by atoms with E-state index in [1.54, 1.807) is 49.6 Å². The van der Waals surface area contributed by atoms with Crippen molar-refractivity contribution in [2.75, 3.05) is 28.1 Å². The molecule has 0 fully saturated rings. The minimum Gasteiger partial charge on any atom is -0.497 e. The minimum absolute atomic E-state index is 0.128. The van der Waals surface area contributed by atoms with Gasteiger partial charge in [0.15, 0.2) is 11.9 Å². The van der Waals surface area contributed by atoms with Crippen LogP contribution in [0.3, 0.4) is 0 Å². The zero-order valence-electron chi connectivity index (χ0n) is 14.7. The van der Waals surface area contributed by atoms with Gasteiger partial charge in [0.2, 0.25) is 0 Å². The molecule has 6 nitrogen and oxygen atoms in total. The Morgan fingerprint density at radius 1 is 1.04 bits per heavy atom. The molecule has 0 radical (unpaired) electrons. The van der Waals surface area contributed by atoms with Crippen molar-refractivity contribution in [2.45, 2.75) is 6.10 Å². The molecule has 0 amide bonds. The minimum atomic E-state index is -1.10. The van der Waals surface area contributed by atoms with E-state index >= 15 is 0 Å². The average Bonchev–Trinajstić information content (AvgIpc) is 2.68. The van der Waals surface area contributed by atoms with Gasteiger partial charge in [-0.25, -0.2) is 4.79 Å². The molecule has 2 rings (SSSR count). The number of hydrogen-bond donors (Lipinski definition) is 0. The Hall–Kier alpha value is -2.22. The summed E-state index contributed by atoms with van der Waals surface area (Å²) >= 11 is 3.40. The number of benzene rings is 2. The topological polar surface area (TPSA) is 71.1 Å². The number of halogens is 1. The van der Waals surface area contributed by atoms with Gasteiger partial charge < -0.3 is 18.9 Å². The van der Waals surface area contributed by atoms with Crippen molar-refractivity contribution >= 4 is 27.7 Å². The number of carbonyl (C=O) groups excluding carboxylic acids is 2. The van der Waals surface area contributed by atoms with Crippen molar-refractivity contribution < 1.29 is 28.5 Å². The van der Waals surface area contributed by atoms with Crippen LogP contribution in [0.25, 0.3) is 0 Å². The van der Waals surface area contributed by atoms with Gasteiger partial charge in [-0.15, -0.1) is 0 Å². The summed E-state index contributed by atoms with van der Waals surface area (Å²) in [6.07, 6.45) is -1.10. The molecule has 138 valence electrons. The molecule has 26 heavy (non-hydrogen) atoms. The zero-order valence-corrected chi connectivity index (χ0v) is 16.2. The molecule has 1 unspecified atom stereocenters. The van der Waals surface area contributed by atoms with Crippen molar-refractivity contribution in [2.24, 2.45) is 0 Å². The molecule has 7 heteroatoms. The maximum absolute atomic E-state index is 13.0. The van der Waals surface area contributed by atoms with Crippen LogP contribution in [0, 0.1) is 0 Å². The Kier molecular flexibility index (Phi) is 7.32. The van der Waals surface area contributed by atoms with Gasteiger partial charge in [-0.3, -0.25) is 4.79 Å². The van der Waals surface area contributed by atoms with Crippen LogP contribution in [0.5, 0.6) is 5.75 Å². The Balaban J connectivity index is 2.49. The van der Waals surface area contributed by atoms with Crippen molar-refractivity contribution in [1.29, 1.82) is 0 Å². The fraction of sp³-hybridized carbons (Fsp3) is 0.263. The van der Waals surface area contributed by atoms with E-state index in [2.05, 4.69) is 15.9 Å². The highest BCUT2D eigenvalue weighted by atomic mass is 79.9. The second-order valence-electron chi connectivity index (χ2n) is 5.24. The molecule has 0 heterocycles. The number of rotatable bonds is 8. The van der Waals surface area contributed by atoms with Crippen LogP contribution in [-0.2, 0) is 19.0 Å². The van der Waals surface area contributed by atoms with E-state index in [0.717, 1.165) is 0 Å². The van der Waals surface area contributed by atoms with E-state index in [1.165, 1.54) is 14.2 Å². The fourth-order valence-corrected chi connectivity index (χ4v) is 2.99. The number of ether oxygens (including phenoxy) is 4. The molecule has 0 saturated carbocycles. The molecular weight excluding hydrogens is 404 g/mol. The summed E-state index contributed by atoms with van der Waals surface area (Å²) in [7, 11) is 4.25. The van der Waals surface area contributed by atoms with E-state index < -0.39 is 12.1 Å². The fourth-order valence-electron chi connectivity index (χ4n) is 2.41. The number of methoxy groups -OCH3 is 3. The first-order chi connectivity index (χ1) is 12.5. The van der Waals surface area contributed by atoms with Crippen LogP contribution in [-0.4, -0.2) is 39.9 Å². The van der Waals surface area contributed by atoms with Crippen molar-refractivity contribution in [3.63, 3.8) is 0 Å². The highest BCUT2D eigenvalue weighted by molar-refractivity contribution is 9.10. The lowest BCUT2D eigenvalue weighted by Gasteiger charge is -2.20. The third-order valence-corrected chi connectivity index (χ3v) is 4.37. The predicted molar refractivity (Wildman–Crippen MR) is 98.3 cm³/mol. The molecule has 0 saturated heterocycles. The molecule has 0 aromatic heterocycles. The lowest BCUT2D eigenvalue weighted by molar-refractivity contribution is -0.163. The Labute approximate surface area is 160 Å². The second-order valence-corrected chi connectivity index (χ2v) is 6.09. The highest BCUT2D eigenvalue weighted by Gasteiger charge is 2.29. The standard InChI is InChI=1S/C19H19BrO6/c1-23-11-26-18(19(22)25-3)16-14(5-4-6-15(16)20)17(21)12-7-9-13(24-2)10-8-12/h4-10,18H,11H2,1-3H3. The maximum atomic E-state index is 13.0. The van der Waals surface area contributed by atoms with Crippen molar-refractivity contribution in [1.82, 2.24) is 0 Å². The van der Waals surface area contributed by atoms with Gasteiger partial charge >= 0.3 is 5.97 Å². The zero-order chi connectivity index (χ0) is 19.1. The third kappa shape index (κ3) is 4.49. The maximum Gasteiger partial charge on any atom is 0.339 e. The Morgan fingerprint density at radius 2 is 1.73 bits per heavy atom. The predicted octanol–water partition coefficient (Wildman–Crippen LogP) is 3.52. The van der Waals surface area contributed by atoms with Crippen LogP contribution < -0.4 is 4.74 Å². The van der Waals surface area contributed by atoms with Gasteiger partial charge in [0, 0.05) is 28.3 Å². The van der Waals surface area contributed by atoms with E-state index in [4.69, 9.17) is 18.9 Å². The van der Waals surface area contributed by atoms with Gasteiger partial charge in [0.25, 0.3) is 0 Å². The molecule has 0 aliphatic rings. The Morgan fingerprint density at radius 3 is 2.31 bits per heavy atom. The number of esters is 1. The molecule has 0 N–H and O–H groups in total. The highest BCUT2D eigenvalue weighted by Crippen LogP contribution is 2.32. The van der Waals surface area contributed by atoms with E-state index in [0.29, 0.717) is 26.9 Å². The SMILES string of the molecule is COCOC(C(=O)OC)c1c(Br)cccc1C(=O)c1ccc(OC)cc1. The van der Waals surface area contributed by atoms with Crippen LogP contribution in [0.1, 0.15) is 27.6 Å². The molecule has 0 aliphatic heterocycles. The third-order valence-electron chi connectivity index (χ3n) is 3.68. The lowest BCUT2D eigenvalue weighted by Crippen LogP contribution is -2.22. The van der Waals surface area contributed by atoms with Gasteiger partial charge in [-0.1, -0.05) is 28.1 Å². The Bertz CT molecular complexity index is 772. The summed E-state index contributed by atoms with van der Waals surface area (Å²) < 4.78 is 20.9. The summed E-state index contributed by atoms with van der Waals surface area (Å²) in [5, 5.41) is 0. The summed E-state index contributed by atoms with van der Waals surface area (Å²) in [4.78, 5) is 25.2. The first-order valence-electron chi connectivity index (χ1n) is 7.69. The molecular formula is C19H19BrO6. The van der Waals surface area contributed by atoms with E-state index in [1.807, 2.05) is 0 Å². The molecule has 0 aliphatic carbocycles. The molecule has 1 atom stereocenters. The molecule has 2 aromatic rings. The summed E-state index contributed by atoms with van der Waals surface area (Å²) in [6.45, 7) is -0.128. The van der Waals surface area contributed by atoms with Crippen LogP contribution >= 0.6 is 15.9 Å². The molecule has 0 bridgehead atoms. The number of carbonyl (C=O) groups is 2. The van der Waals surface area contributed by atoms with Crippen molar-refractivity contribution in [3.8, 4) is 5.75 Å². The average molecular weight is 423 g/mol. The van der Waals surface area contributed by atoms with Gasteiger partial charge in [0.05, 0.1) is 14.2 Å². The van der Waals surface area contributed by atoms with Gasteiger partial charge in [-0.2, -0.15) is 0 Å². The first kappa shape index (κ1) is 20.1. The van der Waals surface area contributed by atoms with Crippen LogP contribution in [0.15, 0.2) is 46.9 Å². The smallest absolute Gasteiger partial charge is 0.339 e. The summed E-state index contributed by atoms with van der Waals surface area (Å²) in [5.74, 6) is -0.233. The summed E-state index contributed by atoms with van der Waals surface area (Å²) in [6, 6.07) is 11.8. The van der Waals surface area contributed by atoms with E-state index in [-0.39, 0.29) is 12.6 Å². The molecule has 2 aromatic carbocycles. The summed E-state index contributed by atoms with van der Waals surface area (Å²) in [5.41, 5.74) is 1.17. The number of ketones is 1. The lowest BCUT2D eigenvalue weighted by atomic mass is 9.95. The molecule has 0 spiro atoms. The monoisotopic (exact) mass is 422 g/mol. The second kappa shape index (κ2) is 9.47. The first-order valence-corrected chi connectivity index (χ1v) is 8.48.